The lowest BCUT2D eigenvalue weighted by molar-refractivity contribution is 0.0596. The molecule has 2 N–H and O–H groups in total. The number of rotatable bonds is 3. The lowest BCUT2D eigenvalue weighted by Crippen LogP contribution is -2.16. The van der Waals surface area contributed by atoms with E-state index < -0.39 is 5.97 Å². The number of nitrogens with one attached hydrogen (secondary N) is 2. The van der Waals surface area contributed by atoms with E-state index in [0.717, 1.165) is 11.3 Å². The van der Waals surface area contributed by atoms with Crippen molar-refractivity contribution in [1.82, 2.24) is 9.97 Å². The van der Waals surface area contributed by atoms with E-state index in [-0.39, 0.29) is 11.6 Å². The average molecular weight is 273 g/mol. The number of esters is 1. The fraction of sp³-hybridized carbons (Fsp3) is 0.214. The number of methoxy groups -OCH3 is 1. The van der Waals surface area contributed by atoms with Crippen molar-refractivity contribution < 1.29 is 14.3 Å². The number of aromatic nitrogens is 2. The quantitative estimate of drug-likeness (QED) is 0.838. The van der Waals surface area contributed by atoms with E-state index in [9.17, 15) is 9.59 Å². The minimum Gasteiger partial charge on any atom is -0.464 e. The van der Waals surface area contributed by atoms with Crippen molar-refractivity contribution in [1.29, 1.82) is 0 Å². The third kappa shape index (κ3) is 2.85. The van der Waals surface area contributed by atoms with Crippen molar-refractivity contribution in [2.45, 2.75) is 13.8 Å². The molecule has 0 bridgehead atoms. The monoisotopic (exact) mass is 273 g/mol. The van der Waals surface area contributed by atoms with E-state index in [1.807, 2.05) is 6.92 Å². The molecule has 0 aliphatic heterocycles. The Morgan fingerprint density at radius 2 is 2.05 bits per heavy atom. The van der Waals surface area contributed by atoms with Crippen molar-refractivity contribution in [3.8, 4) is 0 Å². The lowest BCUT2D eigenvalue weighted by Gasteiger charge is -2.05. The molecule has 0 aliphatic carbocycles. The highest BCUT2D eigenvalue weighted by molar-refractivity contribution is 6.06. The molecule has 2 rings (SSSR count). The number of nitrogens with zero attached hydrogens (tertiary/aromatic N) is 1. The Bertz CT molecular complexity index is 661. The molecule has 6 heteroatoms. The standard InChI is InChI=1S/C14H15N3O3/c1-8-4-5-15-11(6-8)13(18)17-10-7-9(2)16-12(10)14(19)20-3/h4-7,16H,1-3H3,(H,17,18). The Morgan fingerprint density at radius 1 is 1.30 bits per heavy atom. The van der Waals surface area contributed by atoms with Crippen LogP contribution in [0.25, 0.3) is 0 Å². The molecule has 1 amide bonds. The number of carbonyl (C=O) groups is 2. The second-order valence-corrected chi connectivity index (χ2v) is 4.41. The number of hydrogen-bond donors (Lipinski definition) is 2. The van der Waals surface area contributed by atoms with Crippen LogP contribution in [0, 0.1) is 13.8 Å². The summed E-state index contributed by atoms with van der Waals surface area (Å²) < 4.78 is 4.66. The molecule has 2 aromatic rings. The van der Waals surface area contributed by atoms with Gasteiger partial charge in [-0.2, -0.15) is 0 Å². The van der Waals surface area contributed by atoms with Crippen LogP contribution < -0.4 is 5.32 Å². The summed E-state index contributed by atoms with van der Waals surface area (Å²) in [5.41, 5.74) is 2.56. The molecule has 0 aromatic carbocycles. The minimum absolute atomic E-state index is 0.214. The first-order valence-corrected chi connectivity index (χ1v) is 6.03. The highest BCUT2D eigenvalue weighted by atomic mass is 16.5. The van der Waals surface area contributed by atoms with Gasteiger partial charge >= 0.3 is 5.97 Å². The van der Waals surface area contributed by atoms with Crippen molar-refractivity contribution in [3.63, 3.8) is 0 Å². The van der Waals surface area contributed by atoms with Gasteiger partial charge in [0.15, 0.2) is 0 Å². The van der Waals surface area contributed by atoms with Crippen LogP contribution in [0.5, 0.6) is 0 Å². The Kier molecular flexibility index (Phi) is 3.84. The molecule has 0 fully saturated rings. The van der Waals surface area contributed by atoms with Gasteiger partial charge in [0.2, 0.25) is 0 Å². The van der Waals surface area contributed by atoms with Gasteiger partial charge in [0.05, 0.1) is 12.8 Å². The Hall–Kier alpha value is -2.63. The second-order valence-electron chi connectivity index (χ2n) is 4.41. The zero-order valence-corrected chi connectivity index (χ0v) is 11.5. The summed E-state index contributed by atoms with van der Waals surface area (Å²) in [5, 5.41) is 2.66. The Balaban J connectivity index is 2.26. The molecule has 0 saturated heterocycles. The third-order valence-electron chi connectivity index (χ3n) is 2.74. The third-order valence-corrected chi connectivity index (χ3v) is 2.74. The summed E-state index contributed by atoms with van der Waals surface area (Å²) in [7, 11) is 1.28. The largest absolute Gasteiger partial charge is 0.464 e. The molecule has 0 saturated carbocycles. The van der Waals surface area contributed by atoms with Crippen molar-refractivity contribution in [2.75, 3.05) is 12.4 Å². The van der Waals surface area contributed by atoms with Gasteiger partial charge in [0.25, 0.3) is 5.91 Å². The Morgan fingerprint density at radius 3 is 2.70 bits per heavy atom. The number of carbonyl (C=O) groups excluding carboxylic acids is 2. The summed E-state index contributed by atoms with van der Waals surface area (Å²) in [6.07, 6.45) is 1.56. The molecule has 2 heterocycles. The van der Waals surface area contributed by atoms with Crippen LogP contribution in [0.15, 0.2) is 24.4 Å². The smallest absolute Gasteiger partial charge is 0.356 e. The van der Waals surface area contributed by atoms with Crippen LogP contribution in [0.2, 0.25) is 0 Å². The van der Waals surface area contributed by atoms with Crippen molar-refractivity contribution >= 4 is 17.6 Å². The van der Waals surface area contributed by atoms with E-state index >= 15 is 0 Å². The van der Waals surface area contributed by atoms with E-state index in [1.54, 1.807) is 31.3 Å². The van der Waals surface area contributed by atoms with E-state index in [1.165, 1.54) is 7.11 Å². The van der Waals surface area contributed by atoms with Crippen LogP contribution in [0.4, 0.5) is 5.69 Å². The molecule has 0 spiro atoms. The molecular formula is C14H15N3O3. The summed E-state index contributed by atoms with van der Waals surface area (Å²) in [5.74, 6) is -0.913. The van der Waals surface area contributed by atoms with Gasteiger partial charge in [0, 0.05) is 11.9 Å². The minimum atomic E-state index is -0.536. The van der Waals surface area contributed by atoms with Crippen LogP contribution in [-0.2, 0) is 4.74 Å². The van der Waals surface area contributed by atoms with Crippen LogP contribution in [0.1, 0.15) is 32.2 Å². The lowest BCUT2D eigenvalue weighted by atomic mass is 10.2. The average Bonchev–Trinajstić information content (AvgIpc) is 2.78. The van der Waals surface area contributed by atoms with Crippen molar-refractivity contribution in [2.24, 2.45) is 0 Å². The normalized spacial score (nSPS) is 10.2. The first-order chi connectivity index (χ1) is 9.51. The first-order valence-electron chi connectivity index (χ1n) is 6.03. The maximum Gasteiger partial charge on any atom is 0.356 e. The summed E-state index contributed by atoms with van der Waals surface area (Å²) in [6, 6.07) is 5.14. The number of aryl methyl sites for hydroxylation is 2. The van der Waals surface area contributed by atoms with E-state index in [0.29, 0.717) is 11.4 Å². The number of H-pyrrole nitrogens is 1. The SMILES string of the molecule is COC(=O)c1[nH]c(C)cc1NC(=O)c1cc(C)ccn1. The fourth-order valence-corrected chi connectivity index (χ4v) is 1.80. The second kappa shape index (κ2) is 5.56. The fourth-order valence-electron chi connectivity index (χ4n) is 1.80. The van der Waals surface area contributed by atoms with Gasteiger partial charge < -0.3 is 15.0 Å². The van der Waals surface area contributed by atoms with Gasteiger partial charge in [-0.3, -0.25) is 9.78 Å². The summed E-state index contributed by atoms with van der Waals surface area (Å²) >= 11 is 0. The molecule has 2 aromatic heterocycles. The number of aromatic amines is 1. The predicted octanol–water partition coefficient (Wildman–Crippen LogP) is 2.07. The van der Waals surface area contributed by atoms with Gasteiger partial charge in [0.1, 0.15) is 11.4 Å². The summed E-state index contributed by atoms with van der Waals surface area (Å²) in [4.78, 5) is 30.6. The summed E-state index contributed by atoms with van der Waals surface area (Å²) in [6.45, 7) is 3.66. The highest BCUT2D eigenvalue weighted by Gasteiger charge is 2.18. The zero-order valence-electron chi connectivity index (χ0n) is 11.5. The van der Waals surface area contributed by atoms with Crippen LogP contribution >= 0.6 is 0 Å². The molecule has 0 atom stereocenters. The van der Waals surface area contributed by atoms with Gasteiger partial charge in [-0.15, -0.1) is 0 Å². The van der Waals surface area contributed by atoms with Gasteiger partial charge in [-0.25, -0.2) is 4.79 Å². The number of ether oxygens (including phenoxy) is 1. The molecule has 104 valence electrons. The molecule has 0 radical (unpaired) electrons. The first kappa shape index (κ1) is 13.8. The molecule has 20 heavy (non-hydrogen) atoms. The van der Waals surface area contributed by atoms with Crippen molar-refractivity contribution in [3.05, 3.63) is 47.0 Å². The topological polar surface area (TPSA) is 84.1 Å². The molecule has 6 nitrogen and oxygen atoms in total. The van der Waals surface area contributed by atoms with E-state index in [2.05, 4.69) is 20.0 Å². The Labute approximate surface area is 116 Å². The molecule has 0 aliphatic rings. The maximum atomic E-state index is 12.1. The highest BCUT2D eigenvalue weighted by Crippen LogP contribution is 2.18. The number of hydrogen-bond acceptors (Lipinski definition) is 4. The van der Waals surface area contributed by atoms with Gasteiger partial charge in [-0.1, -0.05) is 0 Å². The maximum absolute atomic E-state index is 12.1. The van der Waals surface area contributed by atoms with Crippen LogP contribution in [-0.4, -0.2) is 29.0 Å². The zero-order chi connectivity index (χ0) is 14.7. The number of anilines is 1. The number of pyridine rings is 1. The molecular weight excluding hydrogens is 258 g/mol. The van der Waals surface area contributed by atoms with Gasteiger partial charge in [-0.05, 0) is 37.6 Å². The number of amides is 1. The van der Waals surface area contributed by atoms with E-state index in [4.69, 9.17) is 0 Å². The van der Waals surface area contributed by atoms with Crippen LogP contribution in [0.3, 0.4) is 0 Å². The molecule has 0 unspecified atom stereocenters. The predicted molar refractivity (Wildman–Crippen MR) is 73.8 cm³/mol.